The molecule has 2 heterocycles. The summed E-state index contributed by atoms with van der Waals surface area (Å²) in [7, 11) is 0. The topological polar surface area (TPSA) is 72.1 Å². The van der Waals surface area contributed by atoms with Gasteiger partial charge in [-0.3, -0.25) is 4.79 Å². The molecular weight excluding hydrogens is 528 g/mol. The SMILES string of the molecule is Cc1nc2ccc(-c3cccc(N(CC45CCC(c6nc(C7CC7)no6)=C(C4)C5)C(=O)C4CCCCC4)c3)cc2s1. The number of nitrogens with zero attached hydrogens (tertiary/aromatic N) is 4. The van der Waals surface area contributed by atoms with Crippen LogP contribution in [0.3, 0.4) is 0 Å². The van der Waals surface area contributed by atoms with Crippen LogP contribution in [-0.4, -0.2) is 27.6 Å². The Morgan fingerprint density at radius 2 is 1.85 bits per heavy atom. The third kappa shape index (κ3) is 4.72. The number of hydrogen-bond donors (Lipinski definition) is 0. The average Bonchev–Trinajstić information content (AvgIpc) is 3.60. The predicted octanol–water partition coefficient (Wildman–Crippen LogP) is 8.47. The van der Waals surface area contributed by atoms with Crippen LogP contribution in [-0.2, 0) is 4.79 Å². The van der Waals surface area contributed by atoms with E-state index in [4.69, 9.17) is 9.51 Å². The monoisotopic (exact) mass is 564 g/mol. The second kappa shape index (κ2) is 9.90. The van der Waals surface area contributed by atoms with Crippen molar-refractivity contribution in [3.05, 3.63) is 64.8 Å². The molecule has 5 aliphatic rings. The van der Waals surface area contributed by atoms with Gasteiger partial charge in [0.2, 0.25) is 5.91 Å². The van der Waals surface area contributed by atoms with E-state index >= 15 is 0 Å². The highest BCUT2D eigenvalue weighted by molar-refractivity contribution is 7.18. The third-order valence-electron chi connectivity index (χ3n) is 9.85. The summed E-state index contributed by atoms with van der Waals surface area (Å²) in [5, 5.41) is 5.35. The van der Waals surface area contributed by atoms with E-state index in [0.29, 0.717) is 11.8 Å². The van der Waals surface area contributed by atoms with Gasteiger partial charge in [0.1, 0.15) is 0 Å². The van der Waals surface area contributed by atoms with Gasteiger partial charge in [-0.25, -0.2) is 4.98 Å². The zero-order chi connectivity index (χ0) is 27.6. The van der Waals surface area contributed by atoms with E-state index in [-0.39, 0.29) is 11.3 Å². The number of aromatic nitrogens is 3. The summed E-state index contributed by atoms with van der Waals surface area (Å²) in [5.41, 5.74) is 7.27. The lowest BCUT2D eigenvalue weighted by molar-refractivity contribution is -0.123. The summed E-state index contributed by atoms with van der Waals surface area (Å²) in [6.07, 6.45) is 12.0. The van der Waals surface area contributed by atoms with Crippen molar-refractivity contribution in [1.82, 2.24) is 15.1 Å². The minimum Gasteiger partial charge on any atom is -0.334 e. The summed E-state index contributed by atoms with van der Waals surface area (Å²) < 4.78 is 6.90. The molecule has 2 aromatic carbocycles. The Labute approximate surface area is 244 Å². The summed E-state index contributed by atoms with van der Waals surface area (Å²) in [5.74, 6) is 2.59. The summed E-state index contributed by atoms with van der Waals surface area (Å²) in [4.78, 5) is 25.7. The number of anilines is 1. The third-order valence-corrected chi connectivity index (χ3v) is 10.8. The van der Waals surface area contributed by atoms with Crippen LogP contribution >= 0.6 is 11.3 Å². The summed E-state index contributed by atoms with van der Waals surface area (Å²) in [6.45, 7) is 2.84. The van der Waals surface area contributed by atoms with Crippen LogP contribution in [0.5, 0.6) is 0 Å². The molecule has 0 radical (unpaired) electrons. The van der Waals surface area contributed by atoms with Crippen LogP contribution in [0.2, 0.25) is 0 Å². The molecule has 5 aliphatic carbocycles. The molecule has 4 aromatic rings. The number of allylic oxidation sites excluding steroid dienone is 2. The zero-order valence-corrected chi connectivity index (χ0v) is 24.5. The van der Waals surface area contributed by atoms with Gasteiger partial charge in [-0.2, -0.15) is 4.98 Å². The molecule has 2 bridgehead atoms. The van der Waals surface area contributed by atoms with Crippen molar-refractivity contribution < 1.29 is 9.32 Å². The molecule has 2 aromatic heterocycles. The highest BCUT2D eigenvalue weighted by atomic mass is 32.1. The predicted molar refractivity (Wildman–Crippen MR) is 163 cm³/mol. The van der Waals surface area contributed by atoms with E-state index in [1.165, 1.54) is 40.7 Å². The Kier molecular flexibility index (Phi) is 6.13. The first-order valence-electron chi connectivity index (χ1n) is 15.4. The summed E-state index contributed by atoms with van der Waals surface area (Å²) >= 11 is 1.73. The molecule has 7 heteroatoms. The molecule has 41 heavy (non-hydrogen) atoms. The second-order valence-corrected chi connectivity index (χ2v) is 14.1. The van der Waals surface area contributed by atoms with E-state index < -0.39 is 0 Å². The Hall–Kier alpha value is -3.32. The maximum Gasteiger partial charge on any atom is 0.253 e. The van der Waals surface area contributed by atoms with Crippen LogP contribution in [0.15, 0.2) is 52.6 Å². The van der Waals surface area contributed by atoms with Crippen LogP contribution in [0.4, 0.5) is 5.69 Å². The first-order valence-corrected chi connectivity index (χ1v) is 16.2. The van der Waals surface area contributed by atoms with Gasteiger partial charge in [-0.15, -0.1) is 11.3 Å². The van der Waals surface area contributed by atoms with E-state index in [2.05, 4.69) is 64.4 Å². The van der Waals surface area contributed by atoms with Crippen molar-refractivity contribution in [2.45, 2.75) is 83.5 Å². The Balaban J connectivity index is 1.08. The Morgan fingerprint density at radius 1 is 1.02 bits per heavy atom. The molecule has 0 aliphatic heterocycles. The lowest BCUT2D eigenvalue weighted by Gasteiger charge is -2.51. The molecule has 0 N–H and O–H groups in total. The van der Waals surface area contributed by atoms with E-state index in [9.17, 15) is 4.79 Å². The molecule has 0 unspecified atom stereocenters. The van der Waals surface area contributed by atoms with Crippen molar-refractivity contribution in [3.63, 3.8) is 0 Å². The Bertz CT molecular complexity index is 1660. The lowest BCUT2D eigenvalue weighted by Crippen LogP contribution is -2.49. The van der Waals surface area contributed by atoms with Crippen molar-refractivity contribution in [2.75, 3.05) is 11.4 Å². The molecule has 3 fully saturated rings. The number of carbonyl (C=O) groups is 1. The van der Waals surface area contributed by atoms with Gasteiger partial charge in [0.25, 0.3) is 5.89 Å². The van der Waals surface area contributed by atoms with Crippen molar-refractivity contribution >= 4 is 38.7 Å². The fourth-order valence-electron chi connectivity index (χ4n) is 7.40. The normalized spacial score (nSPS) is 20.3. The van der Waals surface area contributed by atoms with E-state index in [1.54, 1.807) is 11.3 Å². The van der Waals surface area contributed by atoms with Crippen LogP contribution in [0.1, 0.15) is 93.3 Å². The quantitative estimate of drug-likeness (QED) is 0.225. The van der Waals surface area contributed by atoms with Gasteiger partial charge in [0.15, 0.2) is 5.82 Å². The van der Waals surface area contributed by atoms with Gasteiger partial charge in [0, 0.05) is 29.6 Å². The number of hydrogen-bond acceptors (Lipinski definition) is 6. The number of benzene rings is 2. The molecule has 6 nitrogen and oxygen atoms in total. The first kappa shape index (κ1) is 25.4. The highest BCUT2D eigenvalue weighted by Gasteiger charge is 2.48. The fourth-order valence-corrected chi connectivity index (χ4v) is 8.27. The minimum atomic E-state index is 0.133. The minimum absolute atomic E-state index is 0.133. The highest BCUT2D eigenvalue weighted by Crippen LogP contribution is 2.58. The molecule has 3 saturated carbocycles. The average molecular weight is 565 g/mol. The fraction of sp³-hybridized carbons (Fsp3) is 0.471. The van der Waals surface area contributed by atoms with Crippen molar-refractivity contribution in [3.8, 4) is 11.1 Å². The maximum atomic E-state index is 14.2. The number of fused-ring (bicyclic) bond motifs is 3. The number of thiazole rings is 1. The van der Waals surface area contributed by atoms with Gasteiger partial charge in [0.05, 0.1) is 15.2 Å². The van der Waals surface area contributed by atoms with Crippen LogP contribution in [0.25, 0.3) is 26.9 Å². The number of aryl methyl sites for hydroxylation is 1. The van der Waals surface area contributed by atoms with Crippen LogP contribution in [0, 0.1) is 18.3 Å². The standard InChI is InChI=1S/C34H36N4O2S/c1-21-35-29-13-12-25(17-30(29)41-21)24-8-5-9-27(16-24)38(33(39)23-6-3-2-4-7-23)20-34-15-14-28(26(18-34)19-34)32-36-31(37-40-32)22-10-11-22/h5,8-9,12-13,16-17,22-23H,2-4,6-7,10-11,14-15,18-20H2,1H3. The van der Waals surface area contributed by atoms with Crippen molar-refractivity contribution in [1.29, 1.82) is 0 Å². The van der Waals surface area contributed by atoms with Gasteiger partial charge < -0.3 is 9.42 Å². The number of carbonyl (C=O) groups excluding carboxylic acids is 1. The smallest absolute Gasteiger partial charge is 0.253 e. The number of amides is 1. The van der Waals surface area contributed by atoms with Crippen LogP contribution < -0.4 is 4.90 Å². The van der Waals surface area contributed by atoms with Gasteiger partial charge in [-0.1, -0.05) is 48.2 Å². The Morgan fingerprint density at radius 3 is 2.63 bits per heavy atom. The lowest BCUT2D eigenvalue weighted by atomic mass is 9.57. The largest absolute Gasteiger partial charge is 0.334 e. The molecule has 0 atom stereocenters. The summed E-state index contributed by atoms with van der Waals surface area (Å²) in [6, 6.07) is 15.2. The van der Waals surface area contributed by atoms with Gasteiger partial charge in [-0.05, 0) is 99.1 Å². The second-order valence-electron chi connectivity index (χ2n) is 12.9. The molecule has 0 saturated heterocycles. The maximum absolute atomic E-state index is 14.2. The molecule has 210 valence electrons. The van der Waals surface area contributed by atoms with E-state index in [0.717, 1.165) is 91.4 Å². The van der Waals surface area contributed by atoms with Crippen molar-refractivity contribution in [2.24, 2.45) is 11.3 Å². The molecule has 9 rings (SSSR count). The molecule has 0 spiro atoms. The first-order chi connectivity index (χ1) is 20.0. The number of rotatable bonds is 7. The van der Waals surface area contributed by atoms with E-state index in [1.807, 2.05) is 0 Å². The van der Waals surface area contributed by atoms with Gasteiger partial charge >= 0.3 is 0 Å². The molecule has 1 amide bonds. The zero-order valence-electron chi connectivity index (χ0n) is 23.7. The molecular formula is C34H36N4O2S.